The van der Waals surface area contributed by atoms with E-state index in [0.29, 0.717) is 35.6 Å². The standard InChI is InChI=1S/C51H40F6N2S2/c1-33-45(41-25-23-39(27-43(41)60-33)58(29-35-15-7-3-8-16-35)30-36-17-9-4-10-18-36)47-48(50(54,55)51(56,57)49(47,52)53)46-34(2)61-44-28-40(24-26-42(44)46)59(31-37-19-11-5-12-20-37)32-38-21-13-6-14-22-38/h3-28H,29-32H2,1-2H3. The second kappa shape index (κ2) is 15.9. The number of benzene rings is 6. The highest BCUT2D eigenvalue weighted by atomic mass is 32.1. The predicted molar refractivity (Wildman–Crippen MR) is 240 cm³/mol. The van der Waals surface area contributed by atoms with Crippen LogP contribution in [0.4, 0.5) is 37.7 Å². The molecule has 10 heteroatoms. The van der Waals surface area contributed by atoms with E-state index >= 15 is 26.3 Å². The molecule has 1 aliphatic carbocycles. The number of allylic oxidation sites excluding steroid dienone is 2. The summed E-state index contributed by atoms with van der Waals surface area (Å²) in [6, 6.07) is 50.0. The Morgan fingerprint density at radius 1 is 0.410 bits per heavy atom. The van der Waals surface area contributed by atoms with Crippen molar-refractivity contribution in [3.05, 3.63) is 201 Å². The Labute approximate surface area is 358 Å². The summed E-state index contributed by atoms with van der Waals surface area (Å²) in [6.07, 6.45) is 0. The van der Waals surface area contributed by atoms with Gasteiger partial charge in [0.15, 0.2) is 0 Å². The fourth-order valence-electron chi connectivity index (χ4n) is 8.51. The van der Waals surface area contributed by atoms with Crippen LogP contribution in [0.25, 0.3) is 31.3 Å². The van der Waals surface area contributed by atoms with E-state index in [9.17, 15) is 0 Å². The maximum absolute atomic E-state index is 16.5. The largest absolute Gasteiger partial charge is 0.380 e. The van der Waals surface area contributed by atoms with Gasteiger partial charge >= 0.3 is 17.8 Å². The fraction of sp³-hybridized carbons (Fsp3) is 0.176. The molecule has 308 valence electrons. The first-order valence-corrected chi connectivity index (χ1v) is 21.6. The molecule has 8 aromatic rings. The smallest absolute Gasteiger partial charge is 0.363 e. The lowest BCUT2D eigenvalue weighted by Crippen LogP contribution is -2.48. The topological polar surface area (TPSA) is 6.48 Å². The Kier molecular flexibility index (Phi) is 10.6. The molecule has 6 aromatic carbocycles. The summed E-state index contributed by atoms with van der Waals surface area (Å²) >= 11 is 2.27. The molecule has 0 spiro atoms. The van der Waals surface area contributed by atoms with E-state index in [4.69, 9.17) is 0 Å². The van der Waals surface area contributed by atoms with Crippen molar-refractivity contribution >= 4 is 65.4 Å². The van der Waals surface area contributed by atoms with Crippen molar-refractivity contribution in [2.24, 2.45) is 0 Å². The summed E-state index contributed by atoms with van der Waals surface area (Å²) in [7, 11) is 0. The maximum atomic E-state index is 16.5. The lowest BCUT2D eigenvalue weighted by atomic mass is 9.91. The van der Waals surface area contributed by atoms with Gasteiger partial charge in [0, 0.05) is 89.8 Å². The summed E-state index contributed by atoms with van der Waals surface area (Å²) in [5, 5.41) is 0.450. The van der Waals surface area contributed by atoms with Crippen LogP contribution in [0.15, 0.2) is 158 Å². The Morgan fingerprint density at radius 2 is 0.705 bits per heavy atom. The zero-order valence-corrected chi connectivity index (χ0v) is 35.0. The Bertz CT molecular complexity index is 2590. The van der Waals surface area contributed by atoms with Crippen molar-refractivity contribution in [1.29, 1.82) is 0 Å². The average molecular weight is 859 g/mol. The van der Waals surface area contributed by atoms with Gasteiger partial charge in [-0.15, -0.1) is 22.7 Å². The molecule has 2 heterocycles. The molecule has 9 rings (SSSR count). The van der Waals surface area contributed by atoms with Gasteiger partial charge in [-0.2, -0.15) is 26.3 Å². The Hall–Kier alpha value is -5.84. The van der Waals surface area contributed by atoms with Crippen molar-refractivity contribution in [3.63, 3.8) is 0 Å². The fourth-order valence-corrected chi connectivity index (χ4v) is 10.7. The molecule has 0 saturated carbocycles. The van der Waals surface area contributed by atoms with E-state index in [1.807, 2.05) is 133 Å². The van der Waals surface area contributed by atoms with Crippen LogP contribution >= 0.6 is 22.7 Å². The number of thiophene rings is 2. The summed E-state index contributed by atoms with van der Waals surface area (Å²) in [6.45, 7) is 5.22. The van der Waals surface area contributed by atoms with Crippen LogP contribution < -0.4 is 9.80 Å². The lowest BCUT2D eigenvalue weighted by molar-refractivity contribution is -0.254. The highest BCUT2D eigenvalue weighted by Gasteiger charge is 2.80. The Morgan fingerprint density at radius 3 is 1.00 bits per heavy atom. The van der Waals surface area contributed by atoms with Gasteiger partial charge in [0.1, 0.15) is 0 Å². The van der Waals surface area contributed by atoms with Crippen molar-refractivity contribution in [2.45, 2.75) is 57.8 Å². The zero-order chi connectivity index (χ0) is 42.5. The quantitative estimate of drug-likeness (QED) is 0.113. The third kappa shape index (κ3) is 7.29. The minimum atomic E-state index is -5.68. The van der Waals surface area contributed by atoms with E-state index in [-0.39, 0.29) is 31.7 Å². The first-order chi connectivity index (χ1) is 29.3. The molecule has 0 atom stereocenters. The molecule has 2 aromatic heterocycles. The minimum Gasteiger partial charge on any atom is -0.363 e. The first-order valence-electron chi connectivity index (χ1n) is 19.9. The molecule has 0 amide bonds. The van der Waals surface area contributed by atoms with E-state index in [0.717, 1.165) is 56.3 Å². The van der Waals surface area contributed by atoms with E-state index in [1.54, 1.807) is 38.1 Å². The molecule has 0 saturated heterocycles. The Balaban J connectivity index is 1.17. The van der Waals surface area contributed by atoms with E-state index < -0.39 is 28.9 Å². The molecule has 0 N–H and O–H groups in total. The maximum Gasteiger partial charge on any atom is 0.380 e. The predicted octanol–water partition coefficient (Wildman–Crippen LogP) is 15.0. The van der Waals surface area contributed by atoms with Crippen molar-refractivity contribution in [3.8, 4) is 0 Å². The van der Waals surface area contributed by atoms with E-state index in [1.165, 1.54) is 0 Å². The molecular formula is C51H40F6N2S2. The summed E-state index contributed by atoms with van der Waals surface area (Å²) in [4.78, 5) is 4.79. The van der Waals surface area contributed by atoms with Gasteiger partial charge in [0.25, 0.3) is 0 Å². The molecule has 1 aliphatic rings. The molecule has 2 nitrogen and oxygen atoms in total. The van der Waals surface area contributed by atoms with Crippen LogP contribution in [0.3, 0.4) is 0 Å². The third-order valence-corrected chi connectivity index (χ3v) is 13.6. The molecule has 0 unspecified atom stereocenters. The number of anilines is 2. The van der Waals surface area contributed by atoms with Gasteiger partial charge < -0.3 is 9.80 Å². The monoisotopic (exact) mass is 858 g/mol. The highest BCUT2D eigenvalue weighted by molar-refractivity contribution is 7.19. The minimum absolute atomic E-state index is 0.225. The number of hydrogen-bond acceptors (Lipinski definition) is 4. The van der Waals surface area contributed by atoms with E-state index in [2.05, 4.69) is 9.80 Å². The van der Waals surface area contributed by atoms with Gasteiger partial charge in [-0.25, -0.2) is 0 Å². The number of rotatable bonds is 12. The van der Waals surface area contributed by atoms with Crippen LogP contribution in [-0.4, -0.2) is 17.8 Å². The van der Waals surface area contributed by atoms with Crippen molar-refractivity contribution < 1.29 is 26.3 Å². The summed E-state index contributed by atoms with van der Waals surface area (Å²) in [5.41, 5.74) is 2.60. The number of hydrogen-bond donors (Lipinski definition) is 0. The summed E-state index contributed by atoms with van der Waals surface area (Å²) in [5.74, 6) is -16.0. The van der Waals surface area contributed by atoms with Gasteiger partial charge in [0.05, 0.1) is 0 Å². The number of fused-ring (bicyclic) bond motifs is 2. The zero-order valence-electron chi connectivity index (χ0n) is 33.3. The second-order valence-electron chi connectivity index (χ2n) is 15.6. The number of aryl methyl sites for hydroxylation is 2. The van der Waals surface area contributed by atoms with Gasteiger partial charge in [0.2, 0.25) is 0 Å². The lowest BCUT2D eigenvalue weighted by Gasteiger charge is -2.26. The van der Waals surface area contributed by atoms with Gasteiger partial charge in [-0.05, 0) is 60.4 Å². The number of halogens is 6. The molecular weight excluding hydrogens is 819 g/mol. The highest BCUT2D eigenvalue weighted by Crippen LogP contribution is 2.67. The molecule has 61 heavy (non-hydrogen) atoms. The average Bonchev–Trinajstić information content (AvgIpc) is 3.79. The number of nitrogens with zero attached hydrogens (tertiary/aromatic N) is 2. The van der Waals surface area contributed by atoms with Gasteiger partial charge in [-0.3, -0.25) is 0 Å². The second-order valence-corrected chi connectivity index (χ2v) is 18.1. The molecule has 0 fully saturated rings. The first kappa shape index (κ1) is 40.6. The third-order valence-electron chi connectivity index (χ3n) is 11.5. The van der Waals surface area contributed by atoms with Crippen LogP contribution in [0.1, 0.15) is 43.1 Å². The van der Waals surface area contributed by atoms with Crippen LogP contribution in [0, 0.1) is 13.8 Å². The number of alkyl halides is 6. The SMILES string of the molecule is Cc1sc2cc(N(Cc3ccccc3)Cc3ccccc3)ccc2c1C1=C(c2c(C)sc3cc(N(Cc4ccccc4)Cc4ccccc4)ccc23)C(F)(F)C(F)(F)C1(F)F. The molecule has 0 aliphatic heterocycles. The van der Waals surface area contributed by atoms with Crippen molar-refractivity contribution in [1.82, 2.24) is 0 Å². The summed E-state index contributed by atoms with van der Waals surface area (Å²) < 4.78 is 98.8. The molecule has 0 radical (unpaired) electrons. The van der Waals surface area contributed by atoms with Crippen molar-refractivity contribution in [2.75, 3.05) is 9.80 Å². The van der Waals surface area contributed by atoms with Gasteiger partial charge in [-0.1, -0.05) is 133 Å². The molecule has 0 bridgehead atoms. The van der Waals surface area contributed by atoms with Crippen LogP contribution in [0.5, 0.6) is 0 Å². The normalized spacial score (nSPS) is 15.5. The van der Waals surface area contributed by atoms with Crippen LogP contribution in [-0.2, 0) is 26.2 Å². The van der Waals surface area contributed by atoms with Crippen LogP contribution in [0.2, 0.25) is 0 Å².